The average Bonchev–Trinajstić information content (AvgIpc) is 2.95. The fourth-order valence-corrected chi connectivity index (χ4v) is 4.37. The highest BCUT2D eigenvalue weighted by atomic mass is 16.2. The SMILES string of the molecule is CN(C(=O)C(NC(=O)c1cc(-c2ccccc2)nc2ccccc12)c1ccccc1)c1ccccc1N. The van der Waals surface area contributed by atoms with Crippen molar-refractivity contribution < 1.29 is 9.59 Å². The van der Waals surface area contributed by atoms with E-state index in [-0.39, 0.29) is 11.8 Å². The summed E-state index contributed by atoms with van der Waals surface area (Å²) in [6, 6.07) is 34.4. The highest BCUT2D eigenvalue weighted by molar-refractivity contribution is 6.09. The van der Waals surface area contributed by atoms with Gasteiger partial charge in [-0.05, 0) is 29.8 Å². The fraction of sp³-hybridized carbons (Fsp3) is 0.0645. The molecule has 1 heterocycles. The zero-order valence-corrected chi connectivity index (χ0v) is 20.3. The van der Waals surface area contributed by atoms with Gasteiger partial charge in [0, 0.05) is 18.0 Å². The first-order valence-corrected chi connectivity index (χ1v) is 12.0. The number of nitrogens with two attached hydrogens (primary N) is 1. The summed E-state index contributed by atoms with van der Waals surface area (Å²) in [6.07, 6.45) is 0. The summed E-state index contributed by atoms with van der Waals surface area (Å²) in [5.74, 6) is -0.675. The van der Waals surface area contributed by atoms with Gasteiger partial charge in [0.15, 0.2) is 0 Å². The first-order chi connectivity index (χ1) is 18.0. The Labute approximate surface area is 215 Å². The van der Waals surface area contributed by atoms with Crippen molar-refractivity contribution in [1.29, 1.82) is 0 Å². The van der Waals surface area contributed by atoms with E-state index in [1.165, 1.54) is 4.90 Å². The smallest absolute Gasteiger partial charge is 0.254 e. The molecular formula is C31H26N4O2. The molecule has 1 atom stereocenters. The Hall–Kier alpha value is -4.97. The molecule has 0 bridgehead atoms. The second-order valence-corrected chi connectivity index (χ2v) is 8.71. The molecule has 4 aromatic carbocycles. The normalized spacial score (nSPS) is 11.6. The van der Waals surface area contributed by atoms with Gasteiger partial charge in [0.25, 0.3) is 11.8 Å². The van der Waals surface area contributed by atoms with Crippen molar-refractivity contribution in [2.24, 2.45) is 0 Å². The van der Waals surface area contributed by atoms with Gasteiger partial charge in [-0.1, -0.05) is 91.0 Å². The van der Waals surface area contributed by atoms with Crippen molar-refractivity contribution in [3.05, 3.63) is 126 Å². The third-order valence-electron chi connectivity index (χ3n) is 6.31. The lowest BCUT2D eigenvalue weighted by molar-refractivity contribution is -0.120. The molecule has 0 saturated carbocycles. The van der Waals surface area contributed by atoms with E-state index in [0.29, 0.717) is 39.1 Å². The maximum Gasteiger partial charge on any atom is 0.254 e. The fourth-order valence-electron chi connectivity index (χ4n) is 4.37. The molecule has 0 saturated heterocycles. The molecule has 0 aliphatic carbocycles. The number of pyridine rings is 1. The van der Waals surface area contributed by atoms with Crippen LogP contribution in [0, 0.1) is 0 Å². The first kappa shape index (κ1) is 23.8. The molecule has 0 aliphatic heterocycles. The Kier molecular flexibility index (Phi) is 6.64. The molecule has 5 aromatic rings. The summed E-state index contributed by atoms with van der Waals surface area (Å²) in [4.78, 5) is 33.8. The number of aromatic nitrogens is 1. The summed E-state index contributed by atoms with van der Waals surface area (Å²) >= 11 is 0. The Morgan fingerprint density at radius 1 is 0.811 bits per heavy atom. The van der Waals surface area contributed by atoms with Gasteiger partial charge in [-0.15, -0.1) is 0 Å². The van der Waals surface area contributed by atoms with Crippen LogP contribution in [0.3, 0.4) is 0 Å². The van der Waals surface area contributed by atoms with Crippen LogP contribution in [0.1, 0.15) is 22.0 Å². The van der Waals surface area contributed by atoms with Crippen LogP contribution in [-0.2, 0) is 4.79 Å². The maximum atomic E-state index is 13.8. The van der Waals surface area contributed by atoms with Gasteiger partial charge in [-0.25, -0.2) is 4.98 Å². The number of amides is 2. The van der Waals surface area contributed by atoms with Crippen LogP contribution in [-0.4, -0.2) is 23.8 Å². The Morgan fingerprint density at radius 2 is 1.43 bits per heavy atom. The maximum absolute atomic E-state index is 13.8. The van der Waals surface area contributed by atoms with E-state index in [9.17, 15) is 9.59 Å². The van der Waals surface area contributed by atoms with Gasteiger partial charge in [-0.3, -0.25) is 9.59 Å². The summed E-state index contributed by atoms with van der Waals surface area (Å²) in [7, 11) is 1.66. The van der Waals surface area contributed by atoms with Crippen LogP contribution >= 0.6 is 0 Å². The largest absolute Gasteiger partial charge is 0.397 e. The van der Waals surface area contributed by atoms with E-state index in [2.05, 4.69) is 5.32 Å². The van der Waals surface area contributed by atoms with Gasteiger partial charge in [0.1, 0.15) is 6.04 Å². The van der Waals surface area contributed by atoms with E-state index < -0.39 is 6.04 Å². The van der Waals surface area contributed by atoms with Crippen molar-refractivity contribution >= 4 is 34.1 Å². The first-order valence-electron chi connectivity index (χ1n) is 12.0. The number of carbonyl (C=O) groups excluding carboxylic acids is 2. The molecule has 182 valence electrons. The number of hydrogen-bond acceptors (Lipinski definition) is 4. The number of para-hydroxylation sites is 3. The van der Waals surface area contributed by atoms with Gasteiger partial charge in [-0.2, -0.15) is 0 Å². The Morgan fingerprint density at radius 3 is 2.16 bits per heavy atom. The van der Waals surface area contributed by atoms with Gasteiger partial charge in [0.2, 0.25) is 0 Å². The third kappa shape index (κ3) is 4.90. The number of nitrogens with zero attached hydrogens (tertiary/aromatic N) is 2. The zero-order valence-electron chi connectivity index (χ0n) is 20.3. The van der Waals surface area contributed by atoms with Crippen molar-refractivity contribution in [3.8, 4) is 11.3 Å². The molecule has 0 spiro atoms. The number of rotatable bonds is 6. The number of hydrogen-bond donors (Lipinski definition) is 2. The molecular weight excluding hydrogens is 460 g/mol. The molecule has 5 rings (SSSR count). The molecule has 3 N–H and O–H groups in total. The lowest BCUT2D eigenvalue weighted by Crippen LogP contribution is -2.41. The molecule has 6 heteroatoms. The minimum absolute atomic E-state index is 0.306. The predicted molar refractivity (Wildman–Crippen MR) is 148 cm³/mol. The van der Waals surface area contributed by atoms with E-state index >= 15 is 0 Å². The minimum atomic E-state index is -0.926. The third-order valence-corrected chi connectivity index (χ3v) is 6.31. The Bertz CT molecular complexity index is 1570. The van der Waals surface area contributed by atoms with E-state index in [4.69, 9.17) is 10.7 Å². The van der Waals surface area contributed by atoms with Crippen LogP contribution < -0.4 is 16.0 Å². The standard InChI is InChI=1S/C31H26N4O2/c1-35(28-19-11-9-17-25(28)32)31(37)29(22-14-6-3-7-15-22)34-30(36)24-20-27(21-12-4-2-5-13-21)33-26-18-10-8-16-23(24)26/h2-20,29H,32H2,1H3,(H,34,36). The summed E-state index contributed by atoms with van der Waals surface area (Å²) < 4.78 is 0. The highest BCUT2D eigenvalue weighted by Gasteiger charge is 2.28. The van der Waals surface area contributed by atoms with Gasteiger partial charge >= 0.3 is 0 Å². The van der Waals surface area contributed by atoms with Crippen molar-refractivity contribution in [3.63, 3.8) is 0 Å². The average molecular weight is 487 g/mol. The van der Waals surface area contributed by atoms with Crippen LogP contribution in [0.4, 0.5) is 11.4 Å². The molecule has 37 heavy (non-hydrogen) atoms. The topological polar surface area (TPSA) is 88.3 Å². The minimum Gasteiger partial charge on any atom is -0.397 e. The molecule has 1 aromatic heterocycles. The number of likely N-dealkylation sites (N-methyl/N-ethyl adjacent to an activating group) is 1. The number of nitrogen functional groups attached to an aromatic ring is 1. The van der Waals surface area contributed by atoms with E-state index in [1.54, 1.807) is 25.2 Å². The van der Waals surface area contributed by atoms with Crippen molar-refractivity contribution in [1.82, 2.24) is 10.3 Å². The lowest BCUT2D eigenvalue weighted by Gasteiger charge is -2.26. The van der Waals surface area contributed by atoms with Crippen LogP contribution in [0.25, 0.3) is 22.2 Å². The lowest BCUT2D eigenvalue weighted by atomic mass is 10.0. The predicted octanol–water partition coefficient (Wildman–Crippen LogP) is 5.62. The molecule has 0 aliphatic rings. The van der Waals surface area contributed by atoms with Crippen LogP contribution in [0.15, 0.2) is 115 Å². The number of benzene rings is 4. The summed E-state index contributed by atoms with van der Waals surface area (Å²) in [6.45, 7) is 0. The van der Waals surface area contributed by atoms with Gasteiger partial charge < -0.3 is 16.0 Å². The second kappa shape index (κ2) is 10.3. The molecule has 6 nitrogen and oxygen atoms in total. The van der Waals surface area contributed by atoms with E-state index in [0.717, 1.165) is 5.56 Å². The number of carbonyl (C=O) groups is 2. The molecule has 0 radical (unpaired) electrons. The quantitative estimate of drug-likeness (QED) is 0.305. The second-order valence-electron chi connectivity index (χ2n) is 8.71. The Balaban J connectivity index is 1.55. The zero-order chi connectivity index (χ0) is 25.8. The highest BCUT2D eigenvalue weighted by Crippen LogP contribution is 2.28. The number of anilines is 2. The van der Waals surface area contributed by atoms with Crippen LogP contribution in [0.5, 0.6) is 0 Å². The van der Waals surface area contributed by atoms with Gasteiger partial charge in [0.05, 0.1) is 28.1 Å². The van der Waals surface area contributed by atoms with Crippen molar-refractivity contribution in [2.75, 3.05) is 17.7 Å². The number of nitrogens with one attached hydrogen (secondary N) is 1. The molecule has 0 fully saturated rings. The summed E-state index contributed by atoms with van der Waals surface area (Å²) in [5.41, 5.74) is 10.6. The van der Waals surface area contributed by atoms with E-state index in [1.807, 2.05) is 97.1 Å². The summed E-state index contributed by atoms with van der Waals surface area (Å²) in [5, 5.41) is 3.70. The van der Waals surface area contributed by atoms with Crippen molar-refractivity contribution in [2.45, 2.75) is 6.04 Å². The number of fused-ring (bicyclic) bond motifs is 1. The molecule has 1 unspecified atom stereocenters. The molecule has 2 amide bonds. The monoisotopic (exact) mass is 486 g/mol. The van der Waals surface area contributed by atoms with Crippen LogP contribution in [0.2, 0.25) is 0 Å².